The molecule has 0 unspecified atom stereocenters. The summed E-state index contributed by atoms with van der Waals surface area (Å²) in [4.78, 5) is 0. The standard InChI is InChI=1S/C9H16N2S/c10-5-1-7-12-8-9(2-3-9)4-6-11/h1-5,7-8,10H2. The van der Waals surface area contributed by atoms with Crippen molar-refractivity contribution in [2.75, 3.05) is 18.1 Å². The first-order valence-corrected chi connectivity index (χ1v) is 5.63. The summed E-state index contributed by atoms with van der Waals surface area (Å²) in [5.41, 5.74) is 5.80. The summed E-state index contributed by atoms with van der Waals surface area (Å²) in [6.07, 6.45) is 4.38. The van der Waals surface area contributed by atoms with Crippen molar-refractivity contribution in [3.05, 3.63) is 0 Å². The van der Waals surface area contributed by atoms with Crippen LogP contribution in [0.2, 0.25) is 0 Å². The fourth-order valence-electron chi connectivity index (χ4n) is 1.19. The molecule has 0 spiro atoms. The molecule has 0 aromatic carbocycles. The fourth-order valence-corrected chi connectivity index (χ4v) is 2.53. The van der Waals surface area contributed by atoms with Gasteiger partial charge in [0, 0.05) is 6.42 Å². The Hall–Kier alpha value is -0.200. The minimum atomic E-state index is 0.411. The van der Waals surface area contributed by atoms with E-state index in [0.29, 0.717) is 5.41 Å². The molecule has 1 saturated carbocycles. The minimum Gasteiger partial charge on any atom is -0.330 e. The van der Waals surface area contributed by atoms with Gasteiger partial charge in [0.15, 0.2) is 0 Å². The van der Waals surface area contributed by atoms with Crippen molar-refractivity contribution in [1.82, 2.24) is 0 Å². The van der Waals surface area contributed by atoms with Gasteiger partial charge < -0.3 is 5.73 Å². The van der Waals surface area contributed by atoms with Crippen LogP contribution in [0.25, 0.3) is 0 Å². The third-order valence-electron chi connectivity index (χ3n) is 2.31. The second-order valence-corrected chi connectivity index (χ2v) is 4.63. The maximum absolute atomic E-state index is 8.57. The molecule has 0 aliphatic heterocycles. The molecule has 0 heterocycles. The summed E-state index contributed by atoms with van der Waals surface area (Å²) in [6.45, 7) is 0.790. The first kappa shape index (κ1) is 9.88. The predicted octanol–water partition coefficient (Wildman–Crippen LogP) is 1.76. The molecule has 2 nitrogen and oxygen atoms in total. The van der Waals surface area contributed by atoms with Crippen LogP contribution in [0.4, 0.5) is 0 Å². The molecule has 0 atom stereocenters. The molecule has 12 heavy (non-hydrogen) atoms. The molecule has 1 aliphatic rings. The topological polar surface area (TPSA) is 49.8 Å². The molecule has 0 bridgehead atoms. The van der Waals surface area contributed by atoms with E-state index in [1.54, 1.807) is 0 Å². The zero-order chi connectivity index (χ0) is 8.86. The van der Waals surface area contributed by atoms with Crippen LogP contribution in [0, 0.1) is 16.7 Å². The summed E-state index contributed by atoms with van der Waals surface area (Å²) in [5, 5.41) is 8.57. The van der Waals surface area contributed by atoms with Crippen LogP contribution in [0.3, 0.4) is 0 Å². The Morgan fingerprint density at radius 2 is 2.25 bits per heavy atom. The number of nitriles is 1. The molecule has 3 heteroatoms. The zero-order valence-electron chi connectivity index (χ0n) is 7.38. The van der Waals surface area contributed by atoms with Crippen LogP contribution in [0.1, 0.15) is 25.7 Å². The molecule has 68 valence electrons. The Kier molecular flexibility index (Phi) is 3.90. The van der Waals surface area contributed by atoms with Crippen molar-refractivity contribution in [3.8, 4) is 6.07 Å². The van der Waals surface area contributed by atoms with E-state index in [1.165, 1.54) is 18.6 Å². The Balaban J connectivity index is 2.03. The van der Waals surface area contributed by atoms with Gasteiger partial charge in [0.1, 0.15) is 0 Å². The van der Waals surface area contributed by atoms with Gasteiger partial charge in [-0.05, 0) is 42.7 Å². The molecule has 1 aliphatic carbocycles. The molecule has 1 fully saturated rings. The molecular formula is C9H16N2S. The minimum absolute atomic E-state index is 0.411. The van der Waals surface area contributed by atoms with Crippen molar-refractivity contribution in [1.29, 1.82) is 5.26 Å². The van der Waals surface area contributed by atoms with Gasteiger partial charge in [-0.25, -0.2) is 0 Å². The lowest BCUT2D eigenvalue weighted by molar-refractivity contribution is 0.604. The van der Waals surface area contributed by atoms with E-state index in [9.17, 15) is 0 Å². The van der Waals surface area contributed by atoms with Crippen LogP contribution in [0.15, 0.2) is 0 Å². The van der Waals surface area contributed by atoms with Gasteiger partial charge in [0.2, 0.25) is 0 Å². The molecule has 0 radical (unpaired) electrons. The van der Waals surface area contributed by atoms with Gasteiger partial charge in [-0.3, -0.25) is 0 Å². The predicted molar refractivity (Wildman–Crippen MR) is 52.9 cm³/mol. The van der Waals surface area contributed by atoms with Crippen LogP contribution in [-0.4, -0.2) is 18.1 Å². The first-order chi connectivity index (χ1) is 5.83. The number of rotatable bonds is 6. The molecule has 2 N–H and O–H groups in total. The van der Waals surface area contributed by atoms with Gasteiger partial charge in [0.25, 0.3) is 0 Å². The fraction of sp³-hybridized carbons (Fsp3) is 0.889. The first-order valence-electron chi connectivity index (χ1n) is 4.48. The average Bonchev–Trinajstić information content (AvgIpc) is 2.81. The van der Waals surface area contributed by atoms with E-state index in [4.69, 9.17) is 11.0 Å². The number of hydrogen-bond acceptors (Lipinski definition) is 3. The summed E-state index contributed by atoms with van der Waals surface area (Å²) in [6, 6.07) is 2.27. The van der Waals surface area contributed by atoms with Gasteiger partial charge in [0.05, 0.1) is 6.07 Å². The maximum atomic E-state index is 8.57. The summed E-state index contributed by atoms with van der Waals surface area (Å²) in [7, 11) is 0. The molecular weight excluding hydrogens is 168 g/mol. The van der Waals surface area contributed by atoms with Crippen molar-refractivity contribution in [2.45, 2.75) is 25.7 Å². The van der Waals surface area contributed by atoms with Gasteiger partial charge >= 0.3 is 0 Å². The number of nitrogens with two attached hydrogens (primary N) is 1. The van der Waals surface area contributed by atoms with Crippen molar-refractivity contribution in [3.63, 3.8) is 0 Å². The van der Waals surface area contributed by atoms with Crippen LogP contribution in [-0.2, 0) is 0 Å². The lowest BCUT2D eigenvalue weighted by Gasteiger charge is -2.08. The highest BCUT2D eigenvalue weighted by molar-refractivity contribution is 7.99. The van der Waals surface area contributed by atoms with Crippen molar-refractivity contribution in [2.24, 2.45) is 11.1 Å². The SMILES string of the molecule is N#CCC1(CSCCCN)CC1. The van der Waals surface area contributed by atoms with Crippen molar-refractivity contribution < 1.29 is 0 Å². The normalized spacial score (nSPS) is 18.7. The molecule has 1 rings (SSSR count). The van der Waals surface area contributed by atoms with Gasteiger partial charge in [-0.1, -0.05) is 0 Å². The second kappa shape index (κ2) is 4.74. The largest absolute Gasteiger partial charge is 0.330 e. The highest BCUT2D eigenvalue weighted by Crippen LogP contribution is 2.50. The third kappa shape index (κ3) is 3.04. The summed E-state index contributed by atoms with van der Waals surface area (Å²) in [5.74, 6) is 2.32. The van der Waals surface area contributed by atoms with E-state index in [2.05, 4.69) is 6.07 Å². The second-order valence-electron chi connectivity index (χ2n) is 3.53. The Morgan fingerprint density at radius 3 is 2.75 bits per heavy atom. The van der Waals surface area contributed by atoms with E-state index in [0.717, 1.165) is 25.1 Å². The molecule has 0 aromatic heterocycles. The smallest absolute Gasteiger partial charge is 0.0627 e. The van der Waals surface area contributed by atoms with E-state index < -0.39 is 0 Å². The summed E-state index contributed by atoms with van der Waals surface area (Å²) < 4.78 is 0. The quantitative estimate of drug-likeness (QED) is 0.640. The lowest BCUT2D eigenvalue weighted by atomic mass is 10.1. The van der Waals surface area contributed by atoms with Crippen LogP contribution >= 0.6 is 11.8 Å². The third-order valence-corrected chi connectivity index (χ3v) is 3.71. The van der Waals surface area contributed by atoms with E-state index in [-0.39, 0.29) is 0 Å². The Bertz CT molecular complexity index is 170. The highest BCUT2D eigenvalue weighted by atomic mass is 32.2. The highest BCUT2D eigenvalue weighted by Gasteiger charge is 2.41. The number of thioether (sulfide) groups is 1. The van der Waals surface area contributed by atoms with Crippen LogP contribution in [0.5, 0.6) is 0 Å². The maximum Gasteiger partial charge on any atom is 0.0627 e. The van der Waals surface area contributed by atoms with Gasteiger partial charge in [-0.2, -0.15) is 17.0 Å². The van der Waals surface area contributed by atoms with E-state index in [1.807, 2.05) is 11.8 Å². The number of hydrogen-bond donors (Lipinski definition) is 1. The Labute approximate surface area is 78.5 Å². The number of nitrogens with zero attached hydrogens (tertiary/aromatic N) is 1. The molecule has 0 saturated heterocycles. The van der Waals surface area contributed by atoms with Gasteiger partial charge in [-0.15, -0.1) is 0 Å². The zero-order valence-corrected chi connectivity index (χ0v) is 8.20. The van der Waals surface area contributed by atoms with Crippen molar-refractivity contribution >= 4 is 11.8 Å². The monoisotopic (exact) mass is 184 g/mol. The molecule has 0 aromatic rings. The van der Waals surface area contributed by atoms with E-state index >= 15 is 0 Å². The lowest BCUT2D eigenvalue weighted by Crippen LogP contribution is -2.05. The Morgan fingerprint density at radius 1 is 1.50 bits per heavy atom. The molecule has 0 amide bonds. The average molecular weight is 184 g/mol. The summed E-state index contributed by atoms with van der Waals surface area (Å²) >= 11 is 1.96. The van der Waals surface area contributed by atoms with Crippen LogP contribution < -0.4 is 5.73 Å².